The highest BCUT2D eigenvalue weighted by molar-refractivity contribution is 14.1. The average molecular weight is 318 g/mol. The highest BCUT2D eigenvalue weighted by atomic mass is 127. The van der Waals surface area contributed by atoms with E-state index >= 15 is 0 Å². The van der Waals surface area contributed by atoms with Crippen molar-refractivity contribution >= 4 is 28.6 Å². The van der Waals surface area contributed by atoms with Crippen LogP contribution in [0.5, 0.6) is 5.75 Å². The fourth-order valence-corrected chi connectivity index (χ4v) is 2.23. The number of carbonyl (C=O) groups excluding carboxylic acids is 1. The number of esters is 1. The van der Waals surface area contributed by atoms with Crippen molar-refractivity contribution in [2.45, 2.75) is 33.6 Å². The predicted molar refractivity (Wildman–Crippen MR) is 69.2 cm³/mol. The Bertz CT molecular complexity index is 372. The van der Waals surface area contributed by atoms with Crippen molar-refractivity contribution in [1.82, 2.24) is 0 Å². The molecule has 15 heavy (non-hydrogen) atoms. The van der Waals surface area contributed by atoms with E-state index in [1.54, 1.807) is 0 Å². The molecule has 1 aromatic carbocycles. The molecular weight excluding hydrogens is 303 g/mol. The molecule has 0 saturated heterocycles. The Morgan fingerprint density at radius 3 is 2.47 bits per heavy atom. The maximum absolute atomic E-state index is 11.0. The lowest BCUT2D eigenvalue weighted by Gasteiger charge is -2.13. The van der Waals surface area contributed by atoms with Crippen LogP contribution in [0, 0.1) is 3.57 Å². The molecule has 3 heteroatoms. The van der Waals surface area contributed by atoms with Crippen LogP contribution in [0.4, 0.5) is 0 Å². The minimum Gasteiger partial charge on any atom is -0.425 e. The van der Waals surface area contributed by atoms with Crippen LogP contribution in [-0.2, 0) is 17.6 Å². The van der Waals surface area contributed by atoms with Gasteiger partial charge in [-0.05, 0) is 52.6 Å². The third kappa shape index (κ3) is 2.93. The molecule has 0 atom stereocenters. The monoisotopic (exact) mass is 318 g/mol. The zero-order chi connectivity index (χ0) is 11.4. The van der Waals surface area contributed by atoms with Gasteiger partial charge in [0.15, 0.2) is 0 Å². The Morgan fingerprint density at radius 2 is 2.00 bits per heavy atom. The summed E-state index contributed by atoms with van der Waals surface area (Å²) in [6, 6.07) is 4.10. The van der Waals surface area contributed by atoms with Gasteiger partial charge in [-0.25, -0.2) is 0 Å². The number of rotatable bonds is 3. The van der Waals surface area contributed by atoms with Crippen molar-refractivity contribution in [2.75, 3.05) is 0 Å². The molecule has 0 aliphatic heterocycles. The molecule has 1 aromatic rings. The molecule has 0 heterocycles. The minimum absolute atomic E-state index is 0.254. The van der Waals surface area contributed by atoms with Crippen LogP contribution in [0.3, 0.4) is 0 Å². The molecule has 1 rings (SSSR count). The SMILES string of the molecule is CCc1ccc(I)c(OC(C)=O)c1CC. The Kier molecular flexibility index (Phi) is 4.57. The first-order valence-electron chi connectivity index (χ1n) is 5.08. The van der Waals surface area contributed by atoms with Gasteiger partial charge in [0.25, 0.3) is 0 Å². The topological polar surface area (TPSA) is 26.3 Å². The van der Waals surface area contributed by atoms with Crippen molar-refractivity contribution < 1.29 is 9.53 Å². The Hall–Kier alpha value is -0.580. The van der Waals surface area contributed by atoms with Crippen molar-refractivity contribution in [1.29, 1.82) is 0 Å². The molecule has 0 radical (unpaired) electrons. The molecule has 0 aliphatic carbocycles. The molecule has 0 spiro atoms. The third-order valence-electron chi connectivity index (χ3n) is 2.29. The lowest BCUT2D eigenvalue weighted by Crippen LogP contribution is -2.07. The maximum atomic E-state index is 11.0. The first kappa shape index (κ1) is 12.5. The van der Waals surface area contributed by atoms with Gasteiger partial charge >= 0.3 is 5.97 Å². The Labute approximate surface area is 104 Å². The number of hydrogen-bond acceptors (Lipinski definition) is 2. The molecule has 0 N–H and O–H groups in total. The summed E-state index contributed by atoms with van der Waals surface area (Å²) < 4.78 is 6.26. The molecular formula is C12H15IO2. The van der Waals surface area contributed by atoms with E-state index in [0.717, 1.165) is 27.7 Å². The summed E-state index contributed by atoms with van der Waals surface area (Å²) in [6.45, 7) is 5.63. The molecule has 0 aromatic heterocycles. The van der Waals surface area contributed by atoms with Crippen molar-refractivity contribution in [3.8, 4) is 5.75 Å². The highest BCUT2D eigenvalue weighted by Gasteiger charge is 2.12. The van der Waals surface area contributed by atoms with Crippen molar-refractivity contribution in [3.05, 3.63) is 26.8 Å². The van der Waals surface area contributed by atoms with E-state index in [-0.39, 0.29) is 5.97 Å². The summed E-state index contributed by atoms with van der Waals surface area (Å²) in [7, 11) is 0. The van der Waals surface area contributed by atoms with Crippen molar-refractivity contribution in [2.24, 2.45) is 0 Å². The molecule has 0 saturated carbocycles. The maximum Gasteiger partial charge on any atom is 0.308 e. The fourth-order valence-electron chi connectivity index (χ4n) is 1.61. The van der Waals surface area contributed by atoms with E-state index in [2.05, 4.69) is 42.5 Å². The summed E-state index contributed by atoms with van der Waals surface area (Å²) in [4.78, 5) is 11.0. The van der Waals surface area contributed by atoms with Gasteiger partial charge in [0, 0.05) is 6.92 Å². The van der Waals surface area contributed by atoms with Gasteiger partial charge in [-0.1, -0.05) is 19.9 Å². The van der Waals surface area contributed by atoms with E-state index in [9.17, 15) is 4.79 Å². The Balaban J connectivity index is 3.25. The molecule has 0 fully saturated rings. The lowest BCUT2D eigenvalue weighted by molar-refractivity contribution is -0.132. The van der Waals surface area contributed by atoms with Gasteiger partial charge in [-0.15, -0.1) is 0 Å². The van der Waals surface area contributed by atoms with Gasteiger partial charge in [-0.2, -0.15) is 0 Å². The summed E-state index contributed by atoms with van der Waals surface area (Å²) in [5, 5.41) is 0. The third-order valence-corrected chi connectivity index (χ3v) is 3.14. The van der Waals surface area contributed by atoms with Crippen LogP contribution in [0.15, 0.2) is 12.1 Å². The standard InChI is InChI=1S/C12H15IO2/c1-4-9-6-7-11(13)12(10(9)5-2)15-8(3)14/h6-7H,4-5H2,1-3H3. The van der Waals surface area contributed by atoms with E-state index in [1.807, 2.05) is 6.07 Å². The quantitative estimate of drug-likeness (QED) is 0.485. The summed E-state index contributed by atoms with van der Waals surface area (Å²) >= 11 is 2.20. The van der Waals surface area contributed by atoms with Crippen LogP contribution in [-0.4, -0.2) is 5.97 Å². The van der Waals surface area contributed by atoms with E-state index in [4.69, 9.17) is 4.74 Å². The zero-order valence-electron chi connectivity index (χ0n) is 9.26. The Morgan fingerprint density at radius 1 is 1.33 bits per heavy atom. The predicted octanol–water partition coefficient (Wildman–Crippen LogP) is 3.34. The second kappa shape index (κ2) is 5.49. The lowest BCUT2D eigenvalue weighted by atomic mass is 10.0. The number of hydrogen-bond donors (Lipinski definition) is 0. The number of benzene rings is 1. The van der Waals surface area contributed by atoms with E-state index < -0.39 is 0 Å². The second-order valence-electron chi connectivity index (χ2n) is 3.31. The van der Waals surface area contributed by atoms with Gasteiger partial charge in [-0.3, -0.25) is 4.79 Å². The second-order valence-corrected chi connectivity index (χ2v) is 4.48. The largest absolute Gasteiger partial charge is 0.425 e. The van der Waals surface area contributed by atoms with Crippen LogP contribution >= 0.6 is 22.6 Å². The fraction of sp³-hybridized carbons (Fsp3) is 0.417. The van der Waals surface area contributed by atoms with Gasteiger partial charge in [0.2, 0.25) is 0 Å². The number of halogens is 1. The van der Waals surface area contributed by atoms with Crippen LogP contribution < -0.4 is 4.74 Å². The zero-order valence-corrected chi connectivity index (χ0v) is 11.4. The molecule has 0 aliphatic rings. The first-order valence-corrected chi connectivity index (χ1v) is 6.16. The first-order chi connectivity index (χ1) is 7.10. The van der Waals surface area contributed by atoms with Gasteiger partial charge < -0.3 is 4.74 Å². The summed E-state index contributed by atoms with van der Waals surface area (Å²) in [5.74, 6) is 0.487. The molecule has 0 unspecified atom stereocenters. The average Bonchev–Trinajstić information content (AvgIpc) is 2.20. The number of ether oxygens (including phenoxy) is 1. The summed E-state index contributed by atoms with van der Waals surface area (Å²) in [5.41, 5.74) is 2.41. The van der Waals surface area contributed by atoms with Crippen LogP contribution in [0.1, 0.15) is 31.9 Å². The molecule has 2 nitrogen and oxygen atoms in total. The van der Waals surface area contributed by atoms with E-state index in [0.29, 0.717) is 0 Å². The normalized spacial score (nSPS) is 10.1. The number of carbonyl (C=O) groups is 1. The van der Waals surface area contributed by atoms with Crippen molar-refractivity contribution in [3.63, 3.8) is 0 Å². The van der Waals surface area contributed by atoms with Crippen LogP contribution in [0.2, 0.25) is 0 Å². The molecule has 0 bridgehead atoms. The van der Waals surface area contributed by atoms with Gasteiger partial charge in [0.1, 0.15) is 5.75 Å². The van der Waals surface area contributed by atoms with Gasteiger partial charge in [0.05, 0.1) is 3.57 Å². The van der Waals surface area contributed by atoms with E-state index in [1.165, 1.54) is 12.5 Å². The summed E-state index contributed by atoms with van der Waals surface area (Å²) in [6.07, 6.45) is 1.86. The van der Waals surface area contributed by atoms with Crippen LogP contribution in [0.25, 0.3) is 0 Å². The minimum atomic E-state index is -0.254. The highest BCUT2D eigenvalue weighted by Crippen LogP contribution is 2.29. The number of aryl methyl sites for hydroxylation is 1. The molecule has 82 valence electrons. The molecule has 0 amide bonds. The smallest absolute Gasteiger partial charge is 0.308 e.